The number of hydroxylamine groups is 1. The van der Waals surface area contributed by atoms with E-state index in [2.05, 4.69) is 26.1 Å². The van der Waals surface area contributed by atoms with E-state index in [1.54, 1.807) is 16.9 Å². The first-order valence-corrected chi connectivity index (χ1v) is 10.9. The van der Waals surface area contributed by atoms with Gasteiger partial charge < -0.3 is 5.32 Å². The van der Waals surface area contributed by atoms with E-state index in [0.717, 1.165) is 41.9 Å². The molecule has 0 spiro atoms. The van der Waals surface area contributed by atoms with Crippen LogP contribution in [0, 0.1) is 28.6 Å². The molecule has 4 fully saturated rings. The largest absolute Gasteiger partial charge is 0.347 e. The third-order valence-electron chi connectivity index (χ3n) is 6.93. The molecule has 4 saturated carbocycles. The predicted octanol–water partition coefficient (Wildman–Crippen LogP) is 4.29. The van der Waals surface area contributed by atoms with Crippen molar-refractivity contribution in [3.05, 3.63) is 21.9 Å². The van der Waals surface area contributed by atoms with Crippen LogP contribution in [-0.4, -0.2) is 17.0 Å². The lowest BCUT2D eigenvalue weighted by molar-refractivity contribution is -0.147. The highest BCUT2D eigenvalue weighted by atomic mass is 32.1. The molecule has 4 aliphatic rings. The Labute approximate surface area is 164 Å². The molecule has 0 aromatic carbocycles. The first-order chi connectivity index (χ1) is 12.7. The zero-order valence-corrected chi connectivity index (χ0v) is 17.2. The van der Waals surface area contributed by atoms with Crippen LogP contribution in [0.1, 0.15) is 80.6 Å². The minimum absolute atomic E-state index is 0.150. The summed E-state index contributed by atoms with van der Waals surface area (Å²) in [6.07, 6.45) is 7.10. The molecule has 0 radical (unpaired) electrons. The van der Waals surface area contributed by atoms with Gasteiger partial charge in [0.25, 0.3) is 5.91 Å². The molecule has 2 amide bonds. The summed E-state index contributed by atoms with van der Waals surface area (Å²) < 4.78 is 0. The summed E-state index contributed by atoms with van der Waals surface area (Å²) >= 11 is 1.46. The number of rotatable bonds is 4. The number of amides is 2. The molecule has 1 atom stereocenters. The van der Waals surface area contributed by atoms with E-state index in [-0.39, 0.29) is 22.8 Å². The Morgan fingerprint density at radius 3 is 2.19 bits per heavy atom. The predicted molar refractivity (Wildman–Crippen MR) is 105 cm³/mol. The topological polar surface area (TPSA) is 78.4 Å². The molecular formula is C21H30N2O3S. The molecule has 5 nitrogen and oxygen atoms in total. The molecule has 5 rings (SSSR count). The molecular weight excluding hydrogens is 360 g/mol. The van der Waals surface area contributed by atoms with Crippen LogP contribution in [0.4, 0.5) is 0 Å². The lowest BCUT2D eigenvalue weighted by Crippen LogP contribution is -2.54. The maximum absolute atomic E-state index is 13.5. The molecule has 27 heavy (non-hydrogen) atoms. The van der Waals surface area contributed by atoms with Crippen molar-refractivity contribution in [1.82, 2.24) is 10.8 Å². The molecule has 148 valence electrons. The van der Waals surface area contributed by atoms with Crippen LogP contribution >= 0.6 is 11.3 Å². The van der Waals surface area contributed by atoms with Crippen LogP contribution in [0.5, 0.6) is 0 Å². The molecule has 0 aliphatic heterocycles. The van der Waals surface area contributed by atoms with E-state index in [0.29, 0.717) is 5.56 Å². The van der Waals surface area contributed by atoms with Crippen molar-refractivity contribution in [2.45, 2.75) is 65.3 Å². The lowest BCUT2D eigenvalue weighted by atomic mass is 9.49. The fraction of sp³-hybridized carbons (Fsp3) is 0.714. The van der Waals surface area contributed by atoms with Gasteiger partial charge in [0.05, 0.1) is 11.6 Å². The molecule has 0 unspecified atom stereocenters. The molecule has 1 aromatic rings. The Balaban J connectivity index is 1.57. The molecule has 1 aromatic heterocycles. The van der Waals surface area contributed by atoms with E-state index in [1.165, 1.54) is 30.6 Å². The van der Waals surface area contributed by atoms with Gasteiger partial charge >= 0.3 is 0 Å². The number of carbonyl (C=O) groups excluding carboxylic acids is 2. The molecule has 6 heteroatoms. The normalized spacial score (nSPS) is 33.0. The van der Waals surface area contributed by atoms with Gasteiger partial charge in [-0.1, -0.05) is 20.8 Å². The van der Waals surface area contributed by atoms with Crippen LogP contribution in [0.3, 0.4) is 0 Å². The molecule has 1 heterocycles. The lowest BCUT2D eigenvalue weighted by Gasteiger charge is -2.56. The van der Waals surface area contributed by atoms with Crippen LogP contribution in [-0.2, 0) is 4.79 Å². The monoisotopic (exact) mass is 390 g/mol. The van der Waals surface area contributed by atoms with Gasteiger partial charge in [0.1, 0.15) is 0 Å². The van der Waals surface area contributed by atoms with Crippen molar-refractivity contribution in [2.24, 2.45) is 28.6 Å². The zero-order valence-electron chi connectivity index (χ0n) is 16.4. The second-order valence-corrected chi connectivity index (χ2v) is 11.1. The van der Waals surface area contributed by atoms with Crippen LogP contribution in [0.25, 0.3) is 0 Å². The van der Waals surface area contributed by atoms with Crippen molar-refractivity contribution in [1.29, 1.82) is 0 Å². The van der Waals surface area contributed by atoms with E-state index >= 15 is 0 Å². The Hall–Kier alpha value is -1.40. The summed E-state index contributed by atoms with van der Waals surface area (Å²) in [5, 5.41) is 14.0. The summed E-state index contributed by atoms with van der Waals surface area (Å²) in [5.74, 6) is 1.89. The first-order valence-electron chi connectivity index (χ1n) is 10.0. The van der Waals surface area contributed by atoms with Gasteiger partial charge in [0.2, 0.25) is 5.91 Å². The van der Waals surface area contributed by atoms with Crippen molar-refractivity contribution in [3.63, 3.8) is 0 Å². The molecule has 0 saturated heterocycles. The van der Waals surface area contributed by atoms with E-state index in [1.807, 2.05) is 0 Å². The Kier molecular flexibility index (Phi) is 4.62. The van der Waals surface area contributed by atoms with Gasteiger partial charge in [-0.05, 0) is 67.8 Å². The van der Waals surface area contributed by atoms with E-state index in [4.69, 9.17) is 5.21 Å². The summed E-state index contributed by atoms with van der Waals surface area (Å²) in [6.45, 7) is 6.34. The van der Waals surface area contributed by atoms with Crippen molar-refractivity contribution < 1.29 is 14.8 Å². The maximum atomic E-state index is 13.5. The zero-order chi connectivity index (χ0) is 19.4. The van der Waals surface area contributed by atoms with Gasteiger partial charge in [-0.3, -0.25) is 14.8 Å². The van der Waals surface area contributed by atoms with Crippen molar-refractivity contribution >= 4 is 23.2 Å². The maximum Gasteiger partial charge on any atom is 0.275 e. The summed E-state index contributed by atoms with van der Waals surface area (Å²) in [6, 6.07) is 1.63. The second-order valence-electron chi connectivity index (χ2n) is 10.1. The number of carbonyl (C=O) groups is 2. The summed E-state index contributed by atoms with van der Waals surface area (Å²) in [5.41, 5.74) is 1.76. The van der Waals surface area contributed by atoms with E-state index < -0.39 is 5.91 Å². The highest BCUT2D eigenvalue weighted by Crippen LogP contribution is 2.60. The van der Waals surface area contributed by atoms with Crippen LogP contribution in [0.15, 0.2) is 11.4 Å². The van der Waals surface area contributed by atoms with Crippen LogP contribution in [0.2, 0.25) is 0 Å². The average Bonchev–Trinajstić information content (AvgIpc) is 3.06. The summed E-state index contributed by atoms with van der Waals surface area (Å²) in [4.78, 5) is 26.2. The molecule has 3 N–H and O–H groups in total. The first kappa shape index (κ1) is 18.9. The Bertz CT molecular complexity index is 714. The van der Waals surface area contributed by atoms with Gasteiger partial charge in [-0.25, -0.2) is 5.48 Å². The van der Waals surface area contributed by atoms with E-state index in [9.17, 15) is 9.59 Å². The molecule has 4 bridgehead atoms. The SMILES string of the molecule is CC(C)(C)[C@H](NC(=O)C12CC3CC(CC(C3)C1)C2)c1cc(C(=O)NO)cs1. The highest BCUT2D eigenvalue weighted by molar-refractivity contribution is 7.10. The van der Waals surface area contributed by atoms with Gasteiger partial charge in [-0.2, -0.15) is 0 Å². The summed E-state index contributed by atoms with van der Waals surface area (Å²) in [7, 11) is 0. The average molecular weight is 391 g/mol. The Morgan fingerprint density at radius 2 is 1.70 bits per heavy atom. The van der Waals surface area contributed by atoms with Crippen LogP contribution < -0.4 is 10.8 Å². The Morgan fingerprint density at radius 1 is 1.15 bits per heavy atom. The standard InChI is InChI=1S/C21H30N2O3S/c1-20(2,3)17(16-7-15(11-27-16)18(24)23-26)22-19(25)21-8-12-4-13(9-21)6-14(5-12)10-21/h7,11-14,17,26H,4-6,8-10H2,1-3H3,(H,22,25)(H,23,24)/t12?,13?,14?,17-,21?/m1/s1. The minimum atomic E-state index is -0.516. The van der Waals surface area contributed by atoms with Crippen molar-refractivity contribution in [3.8, 4) is 0 Å². The third kappa shape index (κ3) is 3.42. The highest BCUT2D eigenvalue weighted by Gasteiger charge is 2.55. The smallest absolute Gasteiger partial charge is 0.275 e. The van der Waals surface area contributed by atoms with Gasteiger partial charge in [-0.15, -0.1) is 11.3 Å². The number of hydrogen-bond donors (Lipinski definition) is 3. The van der Waals surface area contributed by atoms with Gasteiger partial charge in [0.15, 0.2) is 0 Å². The third-order valence-corrected chi connectivity index (χ3v) is 7.93. The number of hydrogen-bond acceptors (Lipinski definition) is 4. The number of thiophene rings is 1. The fourth-order valence-corrected chi connectivity index (χ4v) is 7.26. The van der Waals surface area contributed by atoms with Crippen molar-refractivity contribution in [2.75, 3.05) is 0 Å². The molecule has 4 aliphatic carbocycles. The fourth-order valence-electron chi connectivity index (χ4n) is 6.08. The quantitative estimate of drug-likeness (QED) is 0.530. The van der Waals surface area contributed by atoms with Gasteiger partial charge in [0, 0.05) is 15.7 Å². The number of nitrogens with one attached hydrogen (secondary N) is 2. The minimum Gasteiger partial charge on any atom is -0.347 e. The second kappa shape index (κ2) is 6.59.